The Hall–Kier alpha value is -1.51. The van der Waals surface area contributed by atoms with Crippen LogP contribution >= 0.6 is 35.1 Å². The molecule has 4 rings (SSSR count). The summed E-state index contributed by atoms with van der Waals surface area (Å²) in [6, 6.07) is 10.1. The maximum absolute atomic E-state index is 13.2. The first-order valence-electron chi connectivity index (χ1n) is 9.30. The summed E-state index contributed by atoms with van der Waals surface area (Å²) in [7, 11) is 0. The molecule has 1 saturated heterocycles. The highest BCUT2D eigenvalue weighted by molar-refractivity contribution is 7.22. The third-order valence-corrected chi connectivity index (χ3v) is 6.73. The van der Waals surface area contributed by atoms with Crippen molar-refractivity contribution in [3.8, 4) is 0 Å². The van der Waals surface area contributed by atoms with Crippen molar-refractivity contribution < 1.29 is 9.53 Å². The van der Waals surface area contributed by atoms with Crippen LogP contribution in [0.25, 0.3) is 10.2 Å². The maximum atomic E-state index is 13.2. The van der Waals surface area contributed by atoms with Crippen molar-refractivity contribution in [2.45, 2.75) is 13.3 Å². The number of carbonyl (C=O) groups is 1. The van der Waals surface area contributed by atoms with Crippen LogP contribution < -0.4 is 4.90 Å². The van der Waals surface area contributed by atoms with Crippen LogP contribution in [-0.2, 0) is 11.2 Å². The molecule has 1 fully saturated rings. The van der Waals surface area contributed by atoms with Crippen LogP contribution in [0.5, 0.6) is 0 Å². The van der Waals surface area contributed by atoms with Crippen LogP contribution in [0.15, 0.2) is 35.7 Å². The fourth-order valence-electron chi connectivity index (χ4n) is 3.28. The van der Waals surface area contributed by atoms with Crippen LogP contribution in [-0.4, -0.2) is 55.2 Å². The van der Waals surface area contributed by atoms with E-state index in [1.54, 1.807) is 11.3 Å². The number of rotatable bonds is 6. The summed E-state index contributed by atoms with van der Waals surface area (Å²) in [4.78, 5) is 23.0. The molecular weight excluding hydrogens is 414 g/mol. The van der Waals surface area contributed by atoms with E-state index in [1.165, 1.54) is 16.9 Å². The number of fused-ring (bicyclic) bond motifs is 1. The van der Waals surface area contributed by atoms with Gasteiger partial charge in [0.05, 0.1) is 28.3 Å². The van der Waals surface area contributed by atoms with E-state index in [0.29, 0.717) is 6.54 Å². The monoisotopic (exact) mass is 437 g/mol. The minimum absolute atomic E-state index is 0. The van der Waals surface area contributed by atoms with E-state index in [0.717, 1.165) is 59.5 Å². The number of benzene rings is 1. The molecule has 0 radical (unpaired) electrons. The van der Waals surface area contributed by atoms with Crippen LogP contribution in [0.4, 0.5) is 5.13 Å². The zero-order chi connectivity index (χ0) is 18.6. The van der Waals surface area contributed by atoms with E-state index in [4.69, 9.17) is 9.72 Å². The Morgan fingerprint density at radius 2 is 2.07 bits per heavy atom. The molecule has 3 heterocycles. The molecule has 0 N–H and O–H groups in total. The summed E-state index contributed by atoms with van der Waals surface area (Å²) in [6.07, 6.45) is 0.938. The number of hydrogen-bond donors (Lipinski definition) is 0. The molecule has 1 aliphatic rings. The SMILES string of the molecule is CCc1cccc2sc(N(CCN3CCOCC3)C(=O)c3cccs3)nc12.Cl. The van der Waals surface area contributed by atoms with Gasteiger partial charge >= 0.3 is 0 Å². The maximum Gasteiger partial charge on any atom is 0.270 e. The molecule has 0 atom stereocenters. The number of carbonyl (C=O) groups excluding carboxylic acids is 1. The molecule has 1 amide bonds. The van der Waals surface area contributed by atoms with Gasteiger partial charge in [-0.2, -0.15) is 0 Å². The number of para-hydroxylation sites is 1. The number of anilines is 1. The molecule has 2 aromatic heterocycles. The van der Waals surface area contributed by atoms with Crippen molar-refractivity contribution in [1.82, 2.24) is 9.88 Å². The zero-order valence-electron chi connectivity index (χ0n) is 15.8. The van der Waals surface area contributed by atoms with Gasteiger partial charge in [0.2, 0.25) is 0 Å². The standard InChI is InChI=1S/C20H23N3O2S2.ClH/c1-2-15-5-3-6-16-18(15)21-20(27-16)23(19(24)17-7-4-14-26-17)9-8-22-10-12-25-13-11-22;/h3-7,14H,2,8-13H2,1H3;1H. The highest BCUT2D eigenvalue weighted by Crippen LogP contribution is 2.32. The van der Waals surface area contributed by atoms with E-state index in [-0.39, 0.29) is 18.3 Å². The first-order valence-corrected chi connectivity index (χ1v) is 11.0. The van der Waals surface area contributed by atoms with Gasteiger partial charge in [0.1, 0.15) is 0 Å². The lowest BCUT2D eigenvalue weighted by Gasteiger charge is -2.29. The van der Waals surface area contributed by atoms with E-state index < -0.39 is 0 Å². The van der Waals surface area contributed by atoms with Crippen molar-refractivity contribution in [2.75, 3.05) is 44.3 Å². The Morgan fingerprint density at radius 1 is 1.25 bits per heavy atom. The van der Waals surface area contributed by atoms with Crippen molar-refractivity contribution in [1.29, 1.82) is 0 Å². The largest absolute Gasteiger partial charge is 0.379 e. The molecule has 1 aromatic carbocycles. The van der Waals surface area contributed by atoms with Gasteiger partial charge in [0, 0.05) is 26.2 Å². The second kappa shape index (κ2) is 9.80. The predicted molar refractivity (Wildman–Crippen MR) is 120 cm³/mol. The Labute approximate surface area is 179 Å². The highest BCUT2D eigenvalue weighted by atomic mass is 35.5. The fraction of sp³-hybridized carbons (Fsp3) is 0.400. The smallest absolute Gasteiger partial charge is 0.270 e. The summed E-state index contributed by atoms with van der Waals surface area (Å²) in [6.45, 7) is 6.97. The first kappa shape index (κ1) is 21.2. The molecule has 8 heteroatoms. The van der Waals surface area contributed by atoms with Gasteiger partial charge in [0.25, 0.3) is 5.91 Å². The van der Waals surface area contributed by atoms with Gasteiger partial charge in [-0.05, 0) is 29.5 Å². The Balaban J connectivity index is 0.00000225. The van der Waals surface area contributed by atoms with Gasteiger partial charge in [-0.25, -0.2) is 4.98 Å². The number of aryl methyl sites for hydroxylation is 1. The molecule has 0 aliphatic carbocycles. The molecule has 150 valence electrons. The van der Waals surface area contributed by atoms with E-state index in [2.05, 4.69) is 30.0 Å². The average molecular weight is 438 g/mol. The normalized spacial score (nSPS) is 14.8. The second-order valence-corrected chi connectivity index (χ2v) is 8.46. The van der Waals surface area contributed by atoms with Gasteiger partial charge < -0.3 is 4.74 Å². The van der Waals surface area contributed by atoms with Gasteiger partial charge in [0.15, 0.2) is 5.13 Å². The quantitative estimate of drug-likeness (QED) is 0.576. The number of thiazole rings is 1. The van der Waals surface area contributed by atoms with Crippen LogP contribution in [0, 0.1) is 0 Å². The van der Waals surface area contributed by atoms with Gasteiger partial charge in [-0.3, -0.25) is 14.6 Å². The zero-order valence-corrected chi connectivity index (χ0v) is 18.2. The molecule has 3 aromatic rings. The predicted octanol–water partition coefficient (Wildman–Crippen LogP) is 4.32. The minimum atomic E-state index is 0. The lowest BCUT2D eigenvalue weighted by atomic mass is 10.1. The van der Waals surface area contributed by atoms with Crippen molar-refractivity contribution in [2.24, 2.45) is 0 Å². The van der Waals surface area contributed by atoms with E-state index >= 15 is 0 Å². The Morgan fingerprint density at radius 3 is 2.79 bits per heavy atom. The molecule has 1 aliphatic heterocycles. The number of amides is 1. The number of morpholine rings is 1. The summed E-state index contributed by atoms with van der Waals surface area (Å²) >= 11 is 3.08. The second-order valence-electron chi connectivity index (χ2n) is 6.50. The molecule has 0 spiro atoms. The molecule has 0 saturated carbocycles. The third-order valence-electron chi connectivity index (χ3n) is 4.82. The topological polar surface area (TPSA) is 45.7 Å². The Bertz CT molecular complexity index is 907. The van der Waals surface area contributed by atoms with E-state index in [9.17, 15) is 4.79 Å². The number of aromatic nitrogens is 1. The van der Waals surface area contributed by atoms with Gasteiger partial charge in [-0.15, -0.1) is 23.7 Å². The first-order chi connectivity index (χ1) is 13.3. The third kappa shape index (κ3) is 4.55. The molecule has 0 bridgehead atoms. The fourth-order valence-corrected chi connectivity index (χ4v) is 4.99. The van der Waals surface area contributed by atoms with Crippen LogP contribution in [0.1, 0.15) is 22.2 Å². The van der Waals surface area contributed by atoms with Gasteiger partial charge in [-0.1, -0.05) is 36.5 Å². The van der Waals surface area contributed by atoms with Crippen molar-refractivity contribution in [3.63, 3.8) is 0 Å². The molecule has 28 heavy (non-hydrogen) atoms. The minimum Gasteiger partial charge on any atom is -0.379 e. The summed E-state index contributed by atoms with van der Waals surface area (Å²) in [5.41, 5.74) is 2.25. The summed E-state index contributed by atoms with van der Waals surface area (Å²) in [5.74, 6) is 0.0374. The van der Waals surface area contributed by atoms with Crippen molar-refractivity contribution in [3.05, 3.63) is 46.2 Å². The summed E-state index contributed by atoms with van der Waals surface area (Å²) < 4.78 is 6.57. The lowest BCUT2D eigenvalue weighted by Crippen LogP contribution is -2.43. The Kier molecular flexibility index (Phi) is 7.42. The number of hydrogen-bond acceptors (Lipinski definition) is 6. The number of thiophene rings is 1. The van der Waals surface area contributed by atoms with E-state index in [1.807, 2.05) is 22.4 Å². The number of halogens is 1. The number of ether oxygens (including phenoxy) is 1. The van der Waals surface area contributed by atoms with Crippen molar-refractivity contribution >= 4 is 56.3 Å². The molecule has 0 unspecified atom stereocenters. The lowest BCUT2D eigenvalue weighted by molar-refractivity contribution is 0.0391. The number of nitrogens with zero attached hydrogens (tertiary/aromatic N) is 3. The average Bonchev–Trinajstić information content (AvgIpc) is 3.38. The molecule has 5 nitrogen and oxygen atoms in total. The van der Waals surface area contributed by atoms with Crippen LogP contribution in [0.2, 0.25) is 0 Å². The van der Waals surface area contributed by atoms with Crippen LogP contribution in [0.3, 0.4) is 0 Å². The molecular formula is C20H24ClN3O2S2. The summed E-state index contributed by atoms with van der Waals surface area (Å²) in [5, 5.41) is 2.73. The highest BCUT2D eigenvalue weighted by Gasteiger charge is 2.23.